The first-order chi connectivity index (χ1) is 9.52. The van der Waals surface area contributed by atoms with Gasteiger partial charge in [0, 0.05) is 19.0 Å². The van der Waals surface area contributed by atoms with Crippen LogP contribution in [0, 0.1) is 11.7 Å². The van der Waals surface area contributed by atoms with Gasteiger partial charge in [-0.2, -0.15) is 0 Å². The number of amidine groups is 1. The first kappa shape index (κ1) is 14.6. The van der Waals surface area contributed by atoms with Crippen LogP contribution in [-0.4, -0.2) is 34.9 Å². The van der Waals surface area contributed by atoms with E-state index in [0.29, 0.717) is 13.1 Å². The molecule has 1 aliphatic rings. The molecule has 0 spiro atoms. The minimum absolute atomic E-state index is 0.0842. The lowest BCUT2D eigenvalue weighted by Crippen LogP contribution is -2.44. The van der Waals surface area contributed by atoms with E-state index in [2.05, 4.69) is 5.16 Å². The molecule has 1 amide bonds. The van der Waals surface area contributed by atoms with Crippen LogP contribution in [0.25, 0.3) is 0 Å². The molecule has 1 aromatic carbocycles. The molecule has 2 rings (SSSR count). The fraction of sp³-hybridized carbons (Fsp3) is 0.385. The van der Waals surface area contributed by atoms with Crippen LogP contribution in [0.5, 0.6) is 0 Å². The standard InChI is InChI=1S/C13H15ClFN3O2/c14-11-6-9(15)3-4-10(11)13(19)18-5-1-2-8(7-18)12(16)17-20/h3-4,6,8,20H,1-2,5,7H2,(H2,16,17). The number of nitrogens with zero attached hydrogens (tertiary/aromatic N) is 2. The van der Waals surface area contributed by atoms with Crippen molar-refractivity contribution >= 4 is 23.3 Å². The summed E-state index contributed by atoms with van der Waals surface area (Å²) in [6, 6.07) is 3.68. The number of carbonyl (C=O) groups is 1. The predicted molar refractivity (Wildman–Crippen MR) is 73.4 cm³/mol. The van der Waals surface area contributed by atoms with Crippen LogP contribution in [0.1, 0.15) is 23.2 Å². The zero-order valence-electron chi connectivity index (χ0n) is 10.7. The summed E-state index contributed by atoms with van der Waals surface area (Å²) in [7, 11) is 0. The molecular formula is C13H15ClFN3O2. The van der Waals surface area contributed by atoms with Gasteiger partial charge in [0.2, 0.25) is 0 Å². The molecule has 3 N–H and O–H groups in total. The van der Waals surface area contributed by atoms with Crippen LogP contribution in [0.15, 0.2) is 23.4 Å². The molecule has 0 saturated carbocycles. The smallest absolute Gasteiger partial charge is 0.255 e. The maximum absolute atomic E-state index is 13.0. The van der Waals surface area contributed by atoms with E-state index in [1.54, 1.807) is 4.90 Å². The molecule has 1 heterocycles. The van der Waals surface area contributed by atoms with Crippen molar-refractivity contribution in [3.8, 4) is 0 Å². The Bertz CT molecular complexity index is 550. The summed E-state index contributed by atoms with van der Waals surface area (Å²) in [6.45, 7) is 0.935. The van der Waals surface area contributed by atoms with Gasteiger partial charge >= 0.3 is 0 Å². The fourth-order valence-electron chi connectivity index (χ4n) is 2.32. The van der Waals surface area contributed by atoms with Gasteiger partial charge in [0.05, 0.1) is 10.6 Å². The summed E-state index contributed by atoms with van der Waals surface area (Å²) >= 11 is 5.89. The van der Waals surface area contributed by atoms with Gasteiger partial charge in [-0.3, -0.25) is 4.79 Å². The molecule has 0 aromatic heterocycles. The second kappa shape index (κ2) is 6.09. The largest absolute Gasteiger partial charge is 0.409 e. The monoisotopic (exact) mass is 299 g/mol. The van der Waals surface area contributed by atoms with Crippen LogP contribution in [0.4, 0.5) is 4.39 Å². The SMILES string of the molecule is NC(=NO)C1CCCN(C(=O)c2ccc(F)cc2Cl)C1. The molecule has 108 valence electrons. The number of nitrogens with two attached hydrogens (primary N) is 1. The number of amides is 1. The van der Waals surface area contributed by atoms with Crippen LogP contribution >= 0.6 is 11.6 Å². The highest BCUT2D eigenvalue weighted by Crippen LogP contribution is 2.23. The lowest BCUT2D eigenvalue weighted by atomic mass is 9.96. The number of rotatable bonds is 2. The molecule has 7 heteroatoms. The van der Waals surface area contributed by atoms with Gasteiger partial charge in [-0.05, 0) is 31.0 Å². The van der Waals surface area contributed by atoms with Crippen LogP contribution in [0.3, 0.4) is 0 Å². The van der Waals surface area contributed by atoms with Crippen LogP contribution in [0.2, 0.25) is 5.02 Å². The van der Waals surface area contributed by atoms with E-state index in [0.717, 1.165) is 18.9 Å². The number of piperidine rings is 1. The van der Waals surface area contributed by atoms with Crippen molar-refractivity contribution in [3.05, 3.63) is 34.6 Å². The van der Waals surface area contributed by atoms with E-state index in [4.69, 9.17) is 22.5 Å². The van der Waals surface area contributed by atoms with E-state index >= 15 is 0 Å². The molecular weight excluding hydrogens is 285 g/mol. The molecule has 0 bridgehead atoms. The van der Waals surface area contributed by atoms with Gasteiger partial charge in [-0.1, -0.05) is 16.8 Å². The highest BCUT2D eigenvalue weighted by Gasteiger charge is 2.27. The third-order valence-electron chi connectivity index (χ3n) is 3.40. The average Bonchev–Trinajstić information content (AvgIpc) is 2.46. The Morgan fingerprint density at radius 2 is 2.30 bits per heavy atom. The van der Waals surface area contributed by atoms with Crippen molar-refractivity contribution < 1.29 is 14.4 Å². The number of hydrogen-bond donors (Lipinski definition) is 2. The highest BCUT2D eigenvalue weighted by molar-refractivity contribution is 6.33. The van der Waals surface area contributed by atoms with Gasteiger partial charge in [-0.15, -0.1) is 0 Å². The third-order valence-corrected chi connectivity index (χ3v) is 3.72. The van der Waals surface area contributed by atoms with Gasteiger partial charge in [-0.25, -0.2) is 4.39 Å². The molecule has 1 fully saturated rings. The Morgan fingerprint density at radius 1 is 1.55 bits per heavy atom. The minimum Gasteiger partial charge on any atom is -0.409 e. The quantitative estimate of drug-likeness (QED) is 0.380. The summed E-state index contributed by atoms with van der Waals surface area (Å²) in [5.74, 6) is -0.810. The van der Waals surface area contributed by atoms with Crippen molar-refractivity contribution in [2.24, 2.45) is 16.8 Å². The van der Waals surface area contributed by atoms with Crippen molar-refractivity contribution in [1.82, 2.24) is 4.90 Å². The van der Waals surface area contributed by atoms with Gasteiger partial charge in [0.25, 0.3) is 5.91 Å². The van der Waals surface area contributed by atoms with Gasteiger partial charge in [0.15, 0.2) is 0 Å². The summed E-state index contributed by atoms with van der Waals surface area (Å²) in [6.07, 6.45) is 1.52. The second-order valence-electron chi connectivity index (χ2n) is 4.74. The Morgan fingerprint density at radius 3 is 2.95 bits per heavy atom. The zero-order chi connectivity index (χ0) is 14.7. The number of carbonyl (C=O) groups excluding carboxylic acids is 1. The number of hydrogen-bond acceptors (Lipinski definition) is 3. The maximum atomic E-state index is 13.0. The van der Waals surface area contributed by atoms with Gasteiger partial charge < -0.3 is 15.8 Å². The third kappa shape index (κ3) is 3.01. The lowest BCUT2D eigenvalue weighted by molar-refractivity contribution is 0.0701. The minimum atomic E-state index is -0.486. The van der Waals surface area contributed by atoms with Crippen molar-refractivity contribution in [3.63, 3.8) is 0 Å². The van der Waals surface area contributed by atoms with E-state index in [-0.39, 0.29) is 28.2 Å². The molecule has 20 heavy (non-hydrogen) atoms. The van der Waals surface area contributed by atoms with Crippen LogP contribution in [-0.2, 0) is 0 Å². The summed E-state index contributed by atoms with van der Waals surface area (Å²) in [5, 5.41) is 11.8. The summed E-state index contributed by atoms with van der Waals surface area (Å²) in [5.41, 5.74) is 5.84. The Labute approximate surface area is 120 Å². The van der Waals surface area contributed by atoms with E-state index < -0.39 is 5.82 Å². The van der Waals surface area contributed by atoms with E-state index in [1.165, 1.54) is 12.1 Å². The van der Waals surface area contributed by atoms with Crippen molar-refractivity contribution in [2.75, 3.05) is 13.1 Å². The summed E-state index contributed by atoms with van der Waals surface area (Å²) in [4.78, 5) is 14.0. The topological polar surface area (TPSA) is 78.9 Å². The molecule has 1 atom stereocenters. The Balaban J connectivity index is 2.16. The predicted octanol–water partition coefficient (Wildman–Crippen LogP) is 2.08. The average molecular weight is 300 g/mol. The van der Waals surface area contributed by atoms with Crippen LogP contribution < -0.4 is 5.73 Å². The van der Waals surface area contributed by atoms with E-state index in [1.807, 2.05) is 0 Å². The summed E-state index contributed by atoms with van der Waals surface area (Å²) < 4.78 is 13.0. The van der Waals surface area contributed by atoms with Crippen molar-refractivity contribution in [2.45, 2.75) is 12.8 Å². The lowest BCUT2D eigenvalue weighted by Gasteiger charge is -2.32. The molecule has 1 aromatic rings. The molecule has 1 aliphatic heterocycles. The molecule has 0 aliphatic carbocycles. The Hall–Kier alpha value is -1.82. The molecule has 0 radical (unpaired) electrons. The first-order valence-electron chi connectivity index (χ1n) is 6.24. The molecule has 5 nitrogen and oxygen atoms in total. The highest BCUT2D eigenvalue weighted by atomic mass is 35.5. The molecule has 1 unspecified atom stereocenters. The number of benzene rings is 1. The zero-order valence-corrected chi connectivity index (χ0v) is 11.5. The number of oxime groups is 1. The second-order valence-corrected chi connectivity index (χ2v) is 5.15. The van der Waals surface area contributed by atoms with Crippen molar-refractivity contribution in [1.29, 1.82) is 0 Å². The Kier molecular flexibility index (Phi) is 4.44. The fourth-order valence-corrected chi connectivity index (χ4v) is 2.57. The maximum Gasteiger partial charge on any atom is 0.255 e. The normalized spacial score (nSPS) is 20.0. The number of likely N-dealkylation sites (tertiary alicyclic amines) is 1. The first-order valence-corrected chi connectivity index (χ1v) is 6.62. The van der Waals surface area contributed by atoms with E-state index in [9.17, 15) is 9.18 Å². The van der Waals surface area contributed by atoms with Gasteiger partial charge in [0.1, 0.15) is 11.7 Å². The molecule has 1 saturated heterocycles. The number of halogens is 2.